The number of rotatable bonds is 12. The molecule has 0 N–H and O–H groups in total. The normalized spacial score (nSPS) is 9.66. The molecule has 0 aliphatic carbocycles. The minimum absolute atomic E-state index is 0.0337. The van der Waals surface area contributed by atoms with E-state index < -0.39 is 11.9 Å². The Morgan fingerprint density at radius 1 is 0.931 bits per heavy atom. The summed E-state index contributed by atoms with van der Waals surface area (Å²) in [4.78, 5) is 32.1. The maximum Gasteiger partial charge on any atom is 0.519 e. The van der Waals surface area contributed by atoms with Gasteiger partial charge < -0.3 is 14.4 Å². The molecule has 0 amide bonds. The first-order chi connectivity index (χ1) is 14.0. The van der Waals surface area contributed by atoms with E-state index in [2.05, 4.69) is 9.69 Å². The van der Waals surface area contributed by atoms with Gasteiger partial charge in [-0.05, 0) is 30.5 Å². The average molecular weight is 397 g/mol. The van der Waals surface area contributed by atoms with Gasteiger partial charge in [0.05, 0.1) is 13.2 Å². The predicted octanol–water partition coefficient (Wildman–Crippen LogP) is 4.32. The molecule has 0 aromatic heterocycles. The Balaban J connectivity index is 2.90. The van der Waals surface area contributed by atoms with Crippen LogP contribution in [0.4, 0.5) is 5.69 Å². The summed E-state index contributed by atoms with van der Waals surface area (Å²) in [5, 5.41) is 0. The lowest BCUT2D eigenvalue weighted by atomic mass is 10.2. The second kappa shape index (κ2) is 13.8. The highest BCUT2D eigenvalue weighted by atomic mass is 16.5. The van der Waals surface area contributed by atoms with E-state index >= 15 is 0 Å². The van der Waals surface area contributed by atoms with Crippen molar-refractivity contribution < 1.29 is 19.1 Å². The number of unbranched alkanes of at least 4 members (excludes halogenated alkanes) is 2. The smallest absolute Gasteiger partial charge is 0.464 e. The number of benzene rings is 1. The van der Waals surface area contributed by atoms with E-state index in [-0.39, 0.29) is 18.9 Å². The van der Waals surface area contributed by atoms with E-state index in [1.165, 1.54) is 6.08 Å². The lowest BCUT2D eigenvalue weighted by molar-refractivity contribution is -0.143. The molecule has 0 fully saturated rings. The molecule has 1 aromatic rings. The summed E-state index contributed by atoms with van der Waals surface area (Å²) in [7, 11) is 0. The fourth-order valence-electron chi connectivity index (χ4n) is 2.32. The van der Waals surface area contributed by atoms with Crippen molar-refractivity contribution in [1.29, 1.82) is 0 Å². The van der Waals surface area contributed by atoms with Crippen molar-refractivity contribution >= 4 is 23.7 Å². The first-order valence-electron chi connectivity index (χ1n) is 9.66. The molecule has 0 radical (unpaired) electrons. The van der Waals surface area contributed by atoms with Crippen molar-refractivity contribution in [2.75, 3.05) is 31.2 Å². The summed E-state index contributed by atoms with van der Waals surface area (Å²) in [5.41, 5.74) is 1.33. The van der Waals surface area contributed by atoms with Gasteiger partial charge in [-0.3, -0.25) is 9.59 Å². The zero-order valence-electron chi connectivity index (χ0n) is 17.0. The van der Waals surface area contributed by atoms with Crippen molar-refractivity contribution in [2.24, 2.45) is 0 Å². The number of nitrogens with zero attached hydrogens (tertiary/aromatic N) is 3. The van der Waals surface area contributed by atoms with Gasteiger partial charge in [0.2, 0.25) is 0 Å². The zero-order chi connectivity index (χ0) is 21.5. The summed E-state index contributed by atoms with van der Waals surface area (Å²) in [6, 6.07) is 6.92. The molecule has 154 valence electrons. The number of carbonyl (C=O) groups excluding carboxylic acids is 2. The maximum absolute atomic E-state index is 12.1. The van der Waals surface area contributed by atoms with Crippen molar-refractivity contribution in [1.82, 2.24) is 0 Å². The van der Waals surface area contributed by atoms with Gasteiger partial charge in [-0.1, -0.05) is 38.8 Å². The SMILES string of the molecule is [C-]#[N+]C(=Cc1ccc(N(CC(=O)OCCCC)CC(=O)OCCCC)cc1)[N+]#[C-]. The molecule has 1 rings (SSSR count). The lowest BCUT2D eigenvalue weighted by Crippen LogP contribution is -2.36. The molecule has 29 heavy (non-hydrogen) atoms. The van der Waals surface area contributed by atoms with Crippen LogP contribution in [-0.4, -0.2) is 38.2 Å². The second-order valence-corrected chi connectivity index (χ2v) is 6.32. The summed E-state index contributed by atoms with van der Waals surface area (Å²) in [6.45, 7) is 18.5. The van der Waals surface area contributed by atoms with Crippen LogP contribution < -0.4 is 4.90 Å². The van der Waals surface area contributed by atoms with Crippen LogP contribution in [0, 0.1) is 13.1 Å². The Labute approximate surface area is 172 Å². The van der Waals surface area contributed by atoms with Crippen molar-refractivity contribution in [3.8, 4) is 0 Å². The fraction of sp³-hybridized carbons (Fsp3) is 0.455. The van der Waals surface area contributed by atoms with E-state index in [0.29, 0.717) is 24.5 Å². The molecule has 7 nitrogen and oxygen atoms in total. The van der Waals surface area contributed by atoms with Crippen LogP contribution in [0.15, 0.2) is 30.1 Å². The standard InChI is InChI=1S/C22H27N3O4/c1-5-7-13-28-21(26)16-25(17-22(27)29-14-8-6-2)19-11-9-18(10-12-19)15-20(23-3)24-4/h9-12,15H,5-8,13-14,16-17H2,1-2H3. The Kier molecular flexibility index (Phi) is 11.3. The molecular formula is C22H27N3O4. The Hall–Kier alpha value is -3.32. The molecule has 0 aliphatic heterocycles. The first kappa shape index (κ1) is 23.7. The van der Waals surface area contributed by atoms with E-state index in [0.717, 1.165) is 25.7 Å². The second-order valence-electron chi connectivity index (χ2n) is 6.32. The van der Waals surface area contributed by atoms with Gasteiger partial charge in [0.1, 0.15) is 26.2 Å². The molecule has 0 unspecified atom stereocenters. The lowest BCUT2D eigenvalue weighted by Gasteiger charge is -2.23. The van der Waals surface area contributed by atoms with Gasteiger partial charge >= 0.3 is 17.8 Å². The van der Waals surface area contributed by atoms with Gasteiger partial charge in [-0.25, -0.2) is 0 Å². The van der Waals surface area contributed by atoms with Crippen LogP contribution >= 0.6 is 0 Å². The minimum atomic E-state index is -0.410. The molecule has 0 heterocycles. The van der Waals surface area contributed by atoms with Crippen LogP contribution in [0.5, 0.6) is 0 Å². The molecule has 0 aliphatic rings. The number of hydrogen-bond donors (Lipinski definition) is 0. The van der Waals surface area contributed by atoms with Crippen LogP contribution in [0.1, 0.15) is 45.1 Å². The Bertz CT molecular complexity index is 733. The third-order valence-corrected chi connectivity index (χ3v) is 3.94. The van der Waals surface area contributed by atoms with E-state index in [4.69, 9.17) is 22.6 Å². The Morgan fingerprint density at radius 3 is 1.83 bits per heavy atom. The maximum atomic E-state index is 12.1. The highest BCUT2D eigenvalue weighted by Gasteiger charge is 2.17. The third kappa shape index (κ3) is 9.44. The number of esters is 2. The molecule has 1 aromatic carbocycles. The largest absolute Gasteiger partial charge is 0.519 e. The predicted molar refractivity (Wildman–Crippen MR) is 112 cm³/mol. The van der Waals surface area contributed by atoms with Crippen molar-refractivity contribution in [2.45, 2.75) is 39.5 Å². The van der Waals surface area contributed by atoms with Gasteiger partial charge in [-0.2, -0.15) is 9.69 Å². The topological polar surface area (TPSA) is 64.6 Å². The van der Waals surface area contributed by atoms with E-state index in [1.54, 1.807) is 29.2 Å². The molecule has 7 heteroatoms. The third-order valence-electron chi connectivity index (χ3n) is 3.94. The highest BCUT2D eigenvalue weighted by molar-refractivity contribution is 5.81. The van der Waals surface area contributed by atoms with Crippen LogP contribution in [0.3, 0.4) is 0 Å². The zero-order valence-corrected chi connectivity index (χ0v) is 17.0. The Morgan fingerprint density at radius 2 is 1.41 bits per heavy atom. The molecule has 0 bridgehead atoms. The molecular weight excluding hydrogens is 370 g/mol. The van der Waals surface area contributed by atoms with Gasteiger partial charge in [0.15, 0.2) is 0 Å². The summed E-state index contributed by atoms with van der Waals surface area (Å²) in [5.74, 6) is -0.854. The molecule has 0 spiro atoms. The summed E-state index contributed by atoms with van der Waals surface area (Å²) >= 11 is 0. The first-order valence-corrected chi connectivity index (χ1v) is 9.66. The average Bonchev–Trinajstić information content (AvgIpc) is 2.72. The number of ether oxygens (including phenoxy) is 2. The molecule has 0 saturated carbocycles. The van der Waals surface area contributed by atoms with Crippen LogP contribution in [0.2, 0.25) is 0 Å². The summed E-state index contributed by atoms with van der Waals surface area (Å²) in [6.07, 6.45) is 4.90. The molecule has 0 atom stereocenters. The number of carbonyl (C=O) groups is 2. The quantitative estimate of drug-likeness (QED) is 0.299. The number of hydrogen-bond acceptors (Lipinski definition) is 5. The number of anilines is 1. The van der Waals surface area contributed by atoms with E-state index in [9.17, 15) is 9.59 Å². The van der Waals surface area contributed by atoms with Crippen molar-refractivity contribution in [3.63, 3.8) is 0 Å². The van der Waals surface area contributed by atoms with Crippen molar-refractivity contribution in [3.05, 3.63) is 58.5 Å². The molecule has 0 saturated heterocycles. The van der Waals surface area contributed by atoms with Gasteiger partial charge in [0.25, 0.3) is 0 Å². The minimum Gasteiger partial charge on any atom is -0.464 e. The summed E-state index contributed by atoms with van der Waals surface area (Å²) < 4.78 is 10.4. The van der Waals surface area contributed by atoms with Crippen LogP contribution in [-0.2, 0) is 19.1 Å². The highest BCUT2D eigenvalue weighted by Crippen LogP contribution is 2.18. The van der Waals surface area contributed by atoms with Gasteiger partial charge in [0, 0.05) is 11.8 Å². The monoisotopic (exact) mass is 397 g/mol. The van der Waals surface area contributed by atoms with E-state index in [1.807, 2.05) is 13.8 Å². The van der Waals surface area contributed by atoms with Crippen LogP contribution in [0.25, 0.3) is 15.8 Å². The van der Waals surface area contributed by atoms with Gasteiger partial charge in [-0.15, -0.1) is 0 Å². The fourth-order valence-corrected chi connectivity index (χ4v) is 2.32.